The molecule has 17 heavy (non-hydrogen) atoms. The molecule has 0 spiro atoms. The highest BCUT2D eigenvalue weighted by atomic mass is 16.2. The number of nitrogens with zero attached hydrogens (tertiary/aromatic N) is 2. The van der Waals surface area contributed by atoms with E-state index in [4.69, 9.17) is 0 Å². The van der Waals surface area contributed by atoms with E-state index in [-0.39, 0.29) is 18.4 Å². The number of amides is 2. The second kappa shape index (κ2) is 5.44. The predicted octanol–water partition coefficient (Wildman–Crippen LogP) is -1.43. The SMILES string of the molecule is O=C(NCC(=O)N1CCNCC1)c1cn[nH]c1. The third-order valence-corrected chi connectivity index (χ3v) is 2.63. The molecule has 3 N–H and O–H groups in total. The van der Waals surface area contributed by atoms with Gasteiger partial charge in [0.15, 0.2) is 0 Å². The molecule has 0 saturated carbocycles. The van der Waals surface area contributed by atoms with Crippen molar-refractivity contribution < 1.29 is 9.59 Å². The quantitative estimate of drug-likeness (QED) is 0.601. The van der Waals surface area contributed by atoms with Crippen LogP contribution in [0.15, 0.2) is 12.4 Å². The van der Waals surface area contributed by atoms with Gasteiger partial charge in [-0.2, -0.15) is 5.10 Å². The highest BCUT2D eigenvalue weighted by Crippen LogP contribution is 1.95. The van der Waals surface area contributed by atoms with Gasteiger partial charge in [0.25, 0.3) is 5.91 Å². The van der Waals surface area contributed by atoms with E-state index in [1.165, 1.54) is 12.4 Å². The topological polar surface area (TPSA) is 90.1 Å². The molecule has 2 heterocycles. The number of carbonyl (C=O) groups is 2. The molecule has 1 fully saturated rings. The number of hydrogen-bond acceptors (Lipinski definition) is 4. The van der Waals surface area contributed by atoms with Crippen molar-refractivity contribution in [2.45, 2.75) is 0 Å². The van der Waals surface area contributed by atoms with E-state index in [0.29, 0.717) is 18.7 Å². The number of nitrogens with one attached hydrogen (secondary N) is 3. The largest absolute Gasteiger partial charge is 0.343 e. The van der Waals surface area contributed by atoms with Crippen LogP contribution >= 0.6 is 0 Å². The van der Waals surface area contributed by atoms with Crippen LogP contribution in [0.4, 0.5) is 0 Å². The number of aromatic nitrogens is 2. The molecular weight excluding hydrogens is 222 g/mol. The number of carbonyl (C=O) groups excluding carboxylic acids is 2. The zero-order valence-electron chi connectivity index (χ0n) is 9.40. The number of H-pyrrole nitrogens is 1. The molecule has 0 radical (unpaired) electrons. The summed E-state index contributed by atoms with van der Waals surface area (Å²) >= 11 is 0. The Balaban J connectivity index is 1.77. The van der Waals surface area contributed by atoms with Crippen LogP contribution in [0.3, 0.4) is 0 Å². The van der Waals surface area contributed by atoms with Gasteiger partial charge in [-0.3, -0.25) is 14.7 Å². The van der Waals surface area contributed by atoms with Gasteiger partial charge in [0.05, 0.1) is 18.3 Å². The van der Waals surface area contributed by atoms with E-state index < -0.39 is 0 Å². The third-order valence-electron chi connectivity index (χ3n) is 2.63. The summed E-state index contributed by atoms with van der Waals surface area (Å²) in [6.07, 6.45) is 2.91. The zero-order chi connectivity index (χ0) is 12.1. The molecule has 0 aliphatic carbocycles. The molecule has 0 bridgehead atoms. The fraction of sp³-hybridized carbons (Fsp3) is 0.500. The van der Waals surface area contributed by atoms with Crippen LogP contribution in [0.2, 0.25) is 0 Å². The molecule has 1 aliphatic heterocycles. The minimum atomic E-state index is -0.290. The number of aromatic amines is 1. The second-order valence-corrected chi connectivity index (χ2v) is 3.80. The van der Waals surface area contributed by atoms with E-state index >= 15 is 0 Å². The molecule has 1 aliphatic rings. The maximum Gasteiger partial charge on any atom is 0.254 e. The molecule has 1 saturated heterocycles. The van der Waals surface area contributed by atoms with Crippen LogP contribution in [-0.2, 0) is 4.79 Å². The molecular formula is C10H15N5O2. The van der Waals surface area contributed by atoms with E-state index in [1.54, 1.807) is 4.90 Å². The van der Waals surface area contributed by atoms with E-state index in [0.717, 1.165) is 13.1 Å². The molecule has 7 nitrogen and oxygen atoms in total. The molecule has 0 atom stereocenters. The number of rotatable bonds is 3. The van der Waals surface area contributed by atoms with E-state index in [1.807, 2.05) is 0 Å². The van der Waals surface area contributed by atoms with Crippen molar-refractivity contribution in [3.8, 4) is 0 Å². The Kier molecular flexibility index (Phi) is 3.71. The fourth-order valence-electron chi connectivity index (χ4n) is 1.66. The summed E-state index contributed by atoms with van der Waals surface area (Å²) in [5, 5.41) is 12.0. The first-order valence-corrected chi connectivity index (χ1v) is 5.53. The Labute approximate surface area is 98.6 Å². The van der Waals surface area contributed by atoms with Crippen LogP contribution in [0.25, 0.3) is 0 Å². The van der Waals surface area contributed by atoms with E-state index in [9.17, 15) is 9.59 Å². The van der Waals surface area contributed by atoms with Crippen LogP contribution in [0, 0.1) is 0 Å². The lowest BCUT2D eigenvalue weighted by atomic mass is 10.3. The Morgan fingerprint density at radius 2 is 2.18 bits per heavy atom. The second-order valence-electron chi connectivity index (χ2n) is 3.80. The first-order chi connectivity index (χ1) is 8.27. The average Bonchev–Trinajstić information content (AvgIpc) is 2.90. The lowest BCUT2D eigenvalue weighted by molar-refractivity contribution is -0.130. The van der Waals surface area contributed by atoms with Gasteiger partial charge >= 0.3 is 0 Å². The van der Waals surface area contributed by atoms with Gasteiger partial charge in [-0.25, -0.2) is 0 Å². The third kappa shape index (κ3) is 3.04. The lowest BCUT2D eigenvalue weighted by Crippen LogP contribution is -2.49. The standard InChI is InChI=1S/C10H15N5O2/c16-9(15-3-1-11-2-4-15)7-12-10(17)8-5-13-14-6-8/h5-6,11H,1-4,7H2,(H,12,17)(H,13,14). The Hall–Kier alpha value is -1.89. The van der Waals surface area contributed by atoms with Crippen molar-refractivity contribution >= 4 is 11.8 Å². The minimum absolute atomic E-state index is 0.0318. The molecule has 1 aromatic rings. The molecule has 7 heteroatoms. The molecule has 0 aromatic carbocycles. The average molecular weight is 237 g/mol. The summed E-state index contributed by atoms with van der Waals surface area (Å²) in [6, 6.07) is 0. The van der Waals surface area contributed by atoms with Gasteiger partial charge in [-0.05, 0) is 0 Å². The number of piperazine rings is 1. The Morgan fingerprint density at radius 3 is 2.82 bits per heavy atom. The lowest BCUT2D eigenvalue weighted by Gasteiger charge is -2.27. The zero-order valence-corrected chi connectivity index (χ0v) is 9.40. The fourth-order valence-corrected chi connectivity index (χ4v) is 1.66. The van der Waals surface area contributed by atoms with Crippen molar-refractivity contribution in [1.82, 2.24) is 25.7 Å². The van der Waals surface area contributed by atoms with Gasteiger partial charge in [0.1, 0.15) is 0 Å². The Morgan fingerprint density at radius 1 is 1.41 bits per heavy atom. The molecule has 1 aromatic heterocycles. The van der Waals surface area contributed by atoms with Crippen molar-refractivity contribution in [2.75, 3.05) is 32.7 Å². The normalized spacial score (nSPS) is 15.6. The predicted molar refractivity (Wildman–Crippen MR) is 60.4 cm³/mol. The monoisotopic (exact) mass is 237 g/mol. The molecule has 92 valence electrons. The smallest absolute Gasteiger partial charge is 0.254 e. The summed E-state index contributed by atoms with van der Waals surface area (Å²) in [5.41, 5.74) is 0.429. The minimum Gasteiger partial charge on any atom is -0.343 e. The highest BCUT2D eigenvalue weighted by molar-refractivity contribution is 5.95. The van der Waals surface area contributed by atoms with Gasteiger partial charge in [0.2, 0.25) is 5.91 Å². The van der Waals surface area contributed by atoms with Gasteiger partial charge in [-0.15, -0.1) is 0 Å². The first-order valence-electron chi connectivity index (χ1n) is 5.53. The summed E-state index contributed by atoms with van der Waals surface area (Å²) in [6.45, 7) is 3.04. The molecule has 2 rings (SSSR count). The summed E-state index contributed by atoms with van der Waals surface area (Å²) in [5.74, 6) is -0.342. The Bertz CT molecular complexity index is 383. The summed E-state index contributed by atoms with van der Waals surface area (Å²) < 4.78 is 0. The van der Waals surface area contributed by atoms with Gasteiger partial charge in [-0.1, -0.05) is 0 Å². The molecule has 0 unspecified atom stereocenters. The van der Waals surface area contributed by atoms with Gasteiger partial charge in [0, 0.05) is 32.4 Å². The van der Waals surface area contributed by atoms with Gasteiger partial charge < -0.3 is 15.5 Å². The summed E-state index contributed by atoms with van der Waals surface area (Å²) in [4.78, 5) is 25.0. The maximum atomic E-state index is 11.7. The van der Waals surface area contributed by atoms with Crippen molar-refractivity contribution in [3.63, 3.8) is 0 Å². The molecule has 2 amide bonds. The maximum absolute atomic E-state index is 11.7. The highest BCUT2D eigenvalue weighted by Gasteiger charge is 2.17. The van der Waals surface area contributed by atoms with Crippen LogP contribution in [0.5, 0.6) is 0 Å². The van der Waals surface area contributed by atoms with Crippen LogP contribution in [0.1, 0.15) is 10.4 Å². The van der Waals surface area contributed by atoms with Crippen molar-refractivity contribution in [3.05, 3.63) is 18.0 Å². The summed E-state index contributed by atoms with van der Waals surface area (Å²) in [7, 11) is 0. The van der Waals surface area contributed by atoms with Crippen molar-refractivity contribution in [2.24, 2.45) is 0 Å². The van der Waals surface area contributed by atoms with Crippen LogP contribution < -0.4 is 10.6 Å². The number of hydrogen-bond donors (Lipinski definition) is 3. The van der Waals surface area contributed by atoms with E-state index in [2.05, 4.69) is 20.8 Å². The van der Waals surface area contributed by atoms with Crippen LogP contribution in [-0.4, -0.2) is 59.6 Å². The first kappa shape index (κ1) is 11.6. The van der Waals surface area contributed by atoms with Crippen molar-refractivity contribution in [1.29, 1.82) is 0 Å².